The summed E-state index contributed by atoms with van der Waals surface area (Å²) in [6.07, 6.45) is 1.95. The number of carbonyl (C=O) groups is 2. The summed E-state index contributed by atoms with van der Waals surface area (Å²) in [6.45, 7) is 6.04. The fourth-order valence-corrected chi connectivity index (χ4v) is 2.13. The lowest BCUT2D eigenvalue weighted by atomic mass is 10.1. The molecule has 1 aromatic carbocycles. The van der Waals surface area contributed by atoms with E-state index >= 15 is 0 Å². The highest BCUT2D eigenvalue weighted by Gasteiger charge is 2.10. The summed E-state index contributed by atoms with van der Waals surface area (Å²) in [5.41, 5.74) is 2.43. The van der Waals surface area contributed by atoms with E-state index in [-0.39, 0.29) is 11.7 Å². The third-order valence-electron chi connectivity index (χ3n) is 3.45. The van der Waals surface area contributed by atoms with Crippen LogP contribution in [0.25, 0.3) is 0 Å². The molecule has 1 amide bonds. The number of anilines is 2. The highest BCUT2D eigenvalue weighted by Crippen LogP contribution is 2.15. The minimum absolute atomic E-state index is 0.0133. The Morgan fingerprint density at radius 2 is 1.83 bits per heavy atom. The van der Waals surface area contributed by atoms with Gasteiger partial charge in [-0.3, -0.25) is 9.59 Å². The van der Waals surface area contributed by atoms with Gasteiger partial charge in [-0.15, -0.1) is 0 Å². The van der Waals surface area contributed by atoms with Crippen LogP contribution in [0, 0.1) is 6.92 Å². The van der Waals surface area contributed by atoms with Gasteiger partial charge < -0.3 is 10.6 Å². The van der Waals surface area contributed by atoms with Crippen LogP contribution in [0.15, 0.2) is 30.3 Å². The van der Waals surface area contributed by atoms with Crippen LogP contribution in [0.3, 0.4) is 0 Å². The first-order valence-corrected chi connectivity index (χ1v) is 8.01. The molecule has 0 atom stereocenters. The Hall–Kier alpha value is -2.76. The molecule has 24 heavy (non-hydrogen) atoms. The van der Waals surface area contributed by atoms with E-state index < -0.39 is 0 Å². The van der Waals surface area contributed by atoms with Crippen molar-refractivity contribution in [2.45, 2.75) is 33.6 Å². The Balaban J connectivity index is 2.12. The smallest absolute Gasteiger partial charge is 0.270 e. The zero-order chi connectivity index (χ0) is 17.5. The second-order valence-electron chi connectivity index (χ2n) is 5.59. The van der Waals surface area contributed by atoms with Gasteiger partial charge in [0, 0.05) is 23.5 Å². The van der Waals surface area contributed by atoms with Crippen LogP contribution in [-0.4, -0.2) is 28.2 Å². The van der Waals surface area contributed by atoms with Gasteiger partial charge in [-0.25, -0.2) is 9.97 Å². The minimum atomic E-state index is -0.205. The maximum absolute atomic E-state index is 12.1. The van der Waals surface area contributed by atoms with Crippen molar-refractivity contribution in [2.75, 3.05) is 11.9 Å². The van der Waals surface area contributed by atoms with Gasteiger partial charge in [0.1, 0.15) is 5.69 Å². The molecule has 2 rings (SSSR count). The second-order valence-corrected chi connectivity index (χ2v) is 5.59. The van der Waals surface area contributed by atoms with Gasteiger partial charge in [0.2, 0.25) is 5.95 Å². The summed E-state index contributed by atoms with van der Waals surface area (Å²) in [7, 11) is 0. The molecule has 2 aromatic rings. The van der Waals surface area contributed by atoms with Gasteiger partial charge in [0.15, 0.2) is 5.78 Å². The molecular formula is C18H22N4O2. The Labute approximate surface area is 141 Å². The number of hydrogen-bond donors (Lipinski definition) is 2. The Bertz CT molecular complexity index is 726. The number of Topliss-reactive ketones (excluding diaryl/α,β-unsaturated/α-hetero) is 1. The molecule has 0 aliphatic rings. The standard InChI is InChI=1S/C18H22N4O2/c1-4-5-10-19-17(24)16-11-12(2)20-18(22-16)21-15-8-6-14(7-9-15)13(3)23/h6-9,11H,4-5,10H2,1-3H3,(H,19,24)(H,20,21,22). The van der Waals surface area contributed by atoms with Crippen LogP contribution in [0.1, 0.15) is 53.2 Å². The second kappa shape index (κ2) is 8.19. The number of aryl methyl sites for hydroxylation is 1. The first-order chi connectivity index (χ1) is 11.5. The molecule has 0 unspecified atom stereocenters. The van der Waals surface area contributed by atoms with E-state index in [0.717, 1.165) is 18.5 Å². The molecular weight excluding hydrogens is 304 g/mol. The monoisotopic (exact) mass is 326 g/mol. The molecule has 1 heterocycles. The first kappa shape index (κ1) is 17.6. The molecule has 6 heteroatoms. The molecule has 0 aliphatic heterocycles. The molecule has 0 saturated heterocycles. The van der Waals surface area contributed by atoms with E-state index in [1.165, 1.54) is 6.92 Å². The largest absolute Gasteiger partial charge is 0.351 e. The number of hydrogen-bond acceptors (Lipinski definition) is 5. The Morgan fingerprint density at radius 3 is 2.46 bits per heavy atom. The molecule has 0 saturated carbocycles. The Kier molecular flexibility index (Phi) is 6.01. The predicted octanol–water partition coefficient (Wildman–Crippen LogP) is 3.26. The van der Waals surface area contributed by atoms with Crippen molar-refractivity contribution in [3.63, 3.8) is 0 Å². The fourth-order valence-electron chi connectivity index (χ4n) is 2.13. The molecule has 0 spiro atoms. The van der Waals surface area contributed by atoms with Crippen LogP contribution < -0.4 is 10.6 Å². The van der Waals surface area contributed by atoms with Crippen molar-refractivity contribution in [3.8, 4) is 0 Å². The van der Waals surface area contributed by atoms with Gasteiger partial charge in [-0.1, -0.05) is 13.3 Å². The van der Waals surface area contributed by atoms with E-state index in [9.17, 15) is 9.59 Å². The maximum atomic E-state index is 12.1. The predicted molar refractivity (Wildman–Crippen MR) is 93.7 cm³/mol. The van der Waals surface area contributed by atoms with Gasteiger partial charge in [-0.2, -0.15) is 0 Å². The van der Waals surface area contributed by atoms with Crippen molar-refractivity contribution in [1.82, 2.24) is 15.3 Å². The van der Waals surface area contributed by atoms with E-state index in [2.05, 4.69) is 27.5 Å². The lowest BCUT2D eigenvalue weighted by Gasteiger charge is -2.09. The number of ketones is 1. The first-order valence-electron chi connectivity index (χ1n) is 8.01. The average molecular weight is 326 g/mol. The highest BCUT2D eigenvalue weighted by molar-refractivity contribution is 5.94. The molecule has 0 aliphatic carbocycles. The van der Waals surface area contributed by atoms with E-state index in [0.29, 0.717) is 29.4 Å². The zero-order valence-corrected chi connectivity index (χ0v) is 14.2. The quantitative estimate of drug-likeness (QED) is 0.602. The van der Waals surface area contributed by atoms with Gasteiger partial charge in [0.25, 0.3) is 5.91 Å². The number of rotatable bonds is 7. The fraction of sp³-hybridized carbons (Fsp3) is 0.333. The lowest BCUT2D eigenvalue weighted by Crippen LogP contribution is -2.25. The molecule has 6 nitrogen and oxygen atoms in total. The third-order valence-corrected chi connectivity index (χ3v) is 3.45. The number of unbranched alkanes of at least 4 members (excludes halogenated alkanes) is 1. The van der Waals surface area contributed by atoms with Crippen molar-refractivity contribution in [1.29, 1.82) is 0 Å². The number of amides is 1. The van der Waals surface area contributed by atoms with Crippen molar-refractivity contribution >= 4 is 23.3 Å². The summed E-state index contributed by atoms with van der Waals surface area (Å²) >= 11 is 0. The van der Waals surface area contributed by atoms with Gasteiger partial charge in [-0.05, 0) is 50.6 Å². The van der Waals surface area contributed by atoms with Crippen LogP contribution in [-0.2, 0) is 0 Å². The van der Waals surface area contributed by atoms with Crippen LogP contribution in [0.4, 0.5) is 11.6 Å². The Morgan fingerprint density at radius 1 is 1.12 bits per heavy atom. The number of nitrogens with zero attached hydrogens (tertiary/aromatic N) is 2. The average Bonchev–Trinajstić information content (AvgIpc) is 2.55. The summed E-state index contributed by atoms with van der Waals surface area (Å²) < 4.78 is 0. The van der Waals surface area contributed by atoms with Crippen LogP contribution in [0.2, 0.25) is 0 Å². The molecule has 126 valence electrons. The highest BCUT2D eigenvalue weighted by atomic mass is 16.1. The topological polar surface area (TPSA) is 84.0 Å². The van der Waals surface area contributed by atoms with Crippen molar-refractivity contribution < 1.29 is 9.59 Å². The maximum Gasteiger partial charge on any atom is 0.270 e. The van der Waals surface area contributed by atoms with E-state index in [1.54, 1.807) is 30.3 Å². The minimum Gasteiger partial charge on any atom is -0.351 e. The van der Waals surface area contributed by atoms with Gasteiger partial charge in [0.05, 0.1) is 0 Å². The lowest BCUT2D eigenvalue weighted by molar-refractivity contribution is 0.0947. The molecule has 0 fully saturated rings. The number of nitrogens with one attached hydrogen (secondary N) is 2. The molecule has 1 aromatic heterocycles. The van der Waals surface area contributed by atoms with E-state index in [4.69, 9.17) is 0 Å². The zero-order valence-electron chi connectivity index (χ0n) is 14.2. The van der Waals surface area contributed by atoms with Crippen molar-refractivity contribution in [2.24, 2.45) is 0 Å². The van der Waals surface area contributed by atoms with Crippen LogP contribution in [0.5, 0.6) is 0 Å². The van der Waals surface area contributed by atoms with E-state index in [1.807, 2.05) is 6.92 Å². The summed E-state index contributed by atoms with van der Waals surface area (Å²) in [6, 6.07) is 8.69. The normalized spacial score (nSPS) is 10.3. The van der Waals surface area contributed by atoms with Gasteiger partial charge >= 0.3 is 0 Å². The summed E-state index contributed by atoms with van der Waals surface area (Å²) in [5, 5.41) is 5.90. The molecule has 2 N–H and O–H groups in total. The summed E-state index contributed by atoms with van der Waals surface area (Å²) in [5.74, 6) is 0.162. The molecule has 0 bridgehead atoms. The number of carbonyl (C=O) groups excluding carboxylic acids is 2. The number of benzene rings is 1. The van der Waals surface area contributed by atoms with Crippen molar-refractivity contribution in [3.05, 3.63) is 47.3 Å². The van der Waals surface area contributed by atoms with Crippen LogP contribution >= 0.6 is 0 Å². The SMILES string of the molecule is CCCCNC(=O)c1cc(C)nc(Nc2ccc(C(C)=O)cc2)n1. The number of aromatic nitrogens is 2. The third kappa shape index (κ3) is 4.87. The molecule has 0 radical (unpaired) electrons. The summed E-state index contributed by atoms with van der Waals surface area (Å²) in [4.78, 5) is 32.0.